The normalized spacial score (nSPS) is 24.6. The van der Waals surface area contributed by atoms with E-state index in [0.29, 0.717) is 18.2 Å². The first-order valence-corrected chi connectivity index (χ1v) is 5.57. The predicted molar refractivity (Wildman–Crippen MR) is 61.7 cm³/mol. The largest absolute Gasteiger partial charge is 0.379 e. The molecule has 0 saturated carbocycles. The van der Waals surface area contributed by atoms with Crippen LogP contribution >= 0.6 is 0 Å². The lowest BCUT2D eigenvalue weighted by atomic mass is 10.0. The first-order valence-electron chi connectivity index (χ1n) is 5.57. The van der Waals surface area contributed by atoms with Gasteiger partial charge in [0, 0.05) is 19.1 Å². The maximum atomic E-state index is 11.4. The Balaban J connectivity index is 2.20. The first-order chi connectivity index (χ1) is 7.61. The van der Waals surface area contributed by atoms with Crippen molar-refractivity contribution in [3.8, 4) is 0 Å². The summed E-state index contributed by atoms with van der Waals surface area (Å²) in [6.07, 6.45) is 1.65. The number of anilines is 1. The quantitative estimate of drug-likeness (QED) is 0.799. The second kappa shape index (κ2) is 4.25. The van der Waals surface area contributed by atoms with Gasteiger partial charge in [-0.25, -0.2) is 4.98 Å². The van der Waals surface area contributed by atoms with E-state index < -0.39 is 0 Å². The van der Waals surface area contributed by atoms with E-state index in [-0.39, 0.29) is 11.1 Å². The van der Waals surface area contributed by atoms with Crippen LogP contribution in [-0.2, 0) is 11.2 Å². The average molecular weight is 223 g/mol. The molecule has 88 valence electrons. The molecule has 0 amide bonds. The molecule has 1 fully saturated rings. The zero-order valence-electron chi connectivity index (χ0n) is 9.67. The first kappa shape index (κ1) is 11.1. The van der Waals surface area contributed by atoms with E-state index in [2.05, 4.69) is 22.2 Å². The van der Waals surface area contributed by atoms with Crippen LogP contribution < -0.4 is 10.9 Å². The van der Waals surface area contributed by atoms with Gasteiger partial charge in [-0.15, -0.1) is 0 Å². The molecule has 5 heteroatoms. The van der Waals surface area contributed by atoms with Gasteiger partial charge in [0.2, 0.25) is 0 Å². The van der Waals surface area contributed by atoms with E-state index in [4.69, 9.17) is 4.74 Å². The van der Waals surface area contributed by atoms with Crippen LogP contribution in [0.5, 0.6) is 0 Å². The molecule has 0 bridgehead atoms. The van der Waals surface area contributed by atoms with Crippen molar-refractivity contribution in [2.24, 2.45) is 0 Å². The fourth-order valence-electron chi connectivity index (χ4n) is 1.81. The summed E-state index contributed by atoms with van der Waals surface area (Å²) in [6.45, 7) is 5.45. The number of nitrogens with zero attached hydrogens (tertiary/aromatic N) is 1. The molecule has 1 aliphatic rings. The van der Waals surface area contributed by atoms with Crippen LogP contribution in [0, 0.1) is 0 Å². The molecule has 2 rings (SSSR count). The van der Waals surface area contributed by atoms with E-state index >= 15 is 0 Å². The summed E-state index contributed by atoms with van der Waals surface area (Å²) in [5, 5.41) is 3.28. The number of aromatic nitrogens is 2. The molecule has 1 aromatic rings. The minimum Gasteiger partial charge on any atom is -0.379 e. The van der Waals surface area contributed by atoms with Gasteiger partial charge in [-0.2, -0.15) is 0 Å². The van der Waals surface area contributed by atoms with Gasteiger partial charge in [0.05, 0.1) is 12.1 Å². The monoisotopic (exact) mass is 223 g/mol. The van der Waals surface area contributed by atoms with Gasteiger partial charge < -0.3 is 15.0 Å². The molecule has 0 aliphatic carbocycles. The van der Waals surface area contributed by atoms with Crippen LogP contribution in [0.2, 0.25) is 0 Å². The minimum absolute atomic E-state index is 0.105. The molecule has 2 heterocycles. The van der Waals surface area contributed by atoms with Crippen molar-refractivity contribution in [2.45, 2.75) is 32.2 Å². The fraction of sp³-hybridized carbons (Fsp3) is 0.636. The van der Waals surface area contributed by atoms with Crippen molar-refractivity contribution in [3.63, 3.8) is 0 Å². The lowest BCUT2D eigenvalue weighted by Gasteiger charge is -2.24. The smallest absolute Gasteiger partial charge is 0.252 e. The van der Waals surface area contributed by atoms with E-state index in [1.165, 1.54) is 6.07 Å². The number of rotatable bonds is 3. The predicted octanol–water partition coefficient (Wildman–Crippen LogP) is 0.923. The highest BCUT2D eigenvalue weighted by Gasteiger charge is 2.29. The van der Waals surface area contributed by atoms with Crippen LogP contribution in [0.4, 0.5) is 5.82 Å². The van der Waals surface area contributed by atoms with Crippen molar-refractivity contribution in [1.82, 2.24) is 9.97 Å². The molecule has 5 nitrogen and oxygen atoms in total. The molecule has 16 heavy (non-hydrogen) atoms. The van der Waals surface area contributed by atoms with Crippen LogP contribution in [0.1, 0.15) is 26.1 Å². The summed E-state index contributed by atoms with van der Waals surface area (Å²) >= 11 is 0. The van der Waals surface area contributed by atoms with Gasteiger partial charge in [-0.05, 0) is 13.3 Å². The zero-order chi connectivity index (χ0) is 11.6. The highest BCUT2D eigenvalue weighted by molar-refractivity contribution is 5.37. The lowest BCUT2D eigenvalue weighted by Crippen LogP contribution is -2.36. The Morgan fingerprint density at radius 3 is 3.12 bits per heavy atom. The molecule has 0 aromatic carbocycles. The van der Waals surface area contributed by atoms with E-state index in [9.17, 15) is 4.79 Å². The molecule has 1 atom stereocenters. The van der Waals surface area contributed by atoms with E-state index in [0.717, 1.165) is 19.4 Å². The lowest BCUT2D eigenvalue weighted by molar-refractivity contribution is 0.185. The summed E-state index contributed by atoms with van der Waals surface area (Å²) in [6, 6.07) is 1.49. The number of hydrogen-bond donors (Lipinski definition) is 2. The molecule has 1 saturated heterocycles. The van der Waals surface area contributed by atoms with Crippen LogP contribution in [0.25, 0.3) is 0 Å². The molecule has 2 N–H and O–H groups in total. The summed E-state index contributed by atoms with van der Waals surface area (Å²) in [7, 11) is 0. The summed E-state index contributed by atoms with van der Waals surface area (Å²) in [5.41, 5.74) is -0.219. The van der Waals surface area contributed by atoms with Crippen molar-refractivity contribution >= 4 is 5.82 Å². The number of aryl methyl sites for hydroxylation is 1. The Bertz CT molecular complexity index is 421. The molecule has 1 aromatic heterocycles. The Kier molecular flexibility index (Phi) is 2.96. The highest BCUT2D eigenvalue weighted by Crippen LogP contribution is 2.21. The summed E-state index contributed by atoms with van der Waals surface area (Å²) < 4.78 is 5.34. The maximum Gasteiger partial charge on any atom is 0.252 e. The molecule has 1 unspecified atom stereocenters. The Morgan fingerprint density at radius 2 is 2.50 bits per heavy atom. The summed E-state index contributed by atoms with van der Waals surface area (Å²) in [5.74, 6) is 1.34. The maximum absolute atomic E-state index is 11.4. The Morgan fingerprint density at radius 1 is 1.69 bits per heavy atom. The topological polar surface area (TPSA) is 67.0 Å². The van der Waals surface area contributed by atoms with Gasteiger partial charge in [-0.3, -0.25) is 4.79 Å². The van der Waals surface area contributed by atoms with Crippen LogP contribution in [0.3, 0.4) is 0 Å². The highest BCUT2D eigenvalue weighted by atomic mass is 16.5. The molecular formula is C11H17N3O2. The van der Waals surface area contributed by atoms with Crippen LogP contribution in [0.15, 0.2) is 10.9 Å². The van der Waals surface area contributed by atoms with Crippen molar-refractivity contribution < 1.29 is 4.74 Å². The number of hydrogen-bond acceptors (Lipinski definition) is 4. The third kappa shape index (κ3) is 2.41. The Hall–Kier alpha value is -1.36. The number of nitrogens with one attached hydrogen (secondary N) is 2. The average Bonchev–Trinajstić information content (AvgIpc) is 2.63. The van der Waals surface area contributed by atoms with Crippen LogP contribution in [-0.4, -0.2) is 28.7 Å². The molecule has 0 radical (unpaired) electrons. The van der Waals surface area contributed by atoms with Gasteiger partial charge in [0.25, 0.3) is 5.56 Å². The van der Waals surface area contributed by atoms with Gasteiger partial charge in [-0.1, -0.05) is 6.92 Å². The van der Waals surface area contributed by atoms with E-state index in [1.54, 1.807) is 0 Å². The van der Waals surface area contributed by atoms with E-state index in [1.807, 2.05) is 6.92 Å². The third-order valence-corrected chi connectivity index (χ3v) is 2.77. The van der Waals surface area contributed by atoms with Crippen molar-refractivity contribution in [2.75, 3.05) is 18.5 Å². The molecule has 1 aliphatic heterocycles. The standard InChI is InChI=1S/C11H17N3O2/c1-3-8-12-9(6-10(15)13-8)14-11(2)4-5-16-7-11/h6H,3-5,7H2,1-2H3,(H2,12,13,14,15). The number of H-pyrrole nitrogens is 1. The van der Waals surface area contributed by atoms with Crippen molar-refractivity contribution in [1.29, 1.82) is 0 Å². The SMILES string of the molecule is CCc1nc(NC2(C)CCOC2)cc(=O)[nH]1. The van der Waals surface area contributed by atoms with Gasteiger partial charge in [0.1, 0.15) is 11.6 Å². The van der Waals surface area contributed by atoms with Gasteiger partial charge in [0.15, 0.2) is 0 Å². The minimum atomic E-state index is -0.114. The zero-order valence-corrected chi connectivity index (χ0v) is 9.67. The molecular weight excluding hydrogens is 206 g/mol. The van der Waals surface area contributed by atoms with Gasteiger partial charge >= 0.3 is 0 Å². The molecule has 0 spiro atoms. The summed E-state index contributed by atoms with van der Waals surface area (Å²) in [4.78, 5) is 18.4. The third-order valence-electron chi connectivity index (χ3n) is 2.77. The van der Waals surface area contributed by atoms with Crippen molar-refractivity contribution in [3.05, 3.63) is 22.2 Å². The second-order valence-corrected chi connectivity index (χ2v) is 4.42. The Labute approximate surface area is 94.2 Å². The number of ether oxygens (including phenoxy) is 1. The fourth-order valence-corrected chi connectivity index (χ4v) is 1.81. The number of aromatic amines is 1. The second-order valence-electron chi connectivity index (χ2n) is 4.42.